The third-order valence-corrected chi connectivity index (χ3v) is 3.92. The predicted molar refractivity (Wildman–Crippen MR) is 98.9 cm³/mol. The molecule has 0 saturated heterocycles. The van der Waals surface area contributed by atoms with Crippen molar-refractivity contribution in [3.05, 3.63) is 53.6 Å². The number of para-hydroxylation sites is 1. The second kappa shape index (κ2) is 9.46. The van der Waals surface area contributed by atoms with E-state index in [9.17, 15) is 9.59 Å². The van der Waals surface area contributed by atoms with Crippen molar-refractivity contribution in [2.45, 2.75) is 19.3 Å². The quantitative estimate of drug-likeness (QED) is 0.733. The summed E-state index contributed by atoms with van der Waals surface area (Å²) in [7, 11) is 4.49. The van der Waals surface area contributed by atoms with Crippen molar-refractivity contribution >= 4 is 17.6 Å². The molecule has 0 aromatic heterocycles. The van der Waals surface area contributed by atoms with Crippen LogP contribution in [0.3, 0.4) is 0 Å². The third kappa shape index (κ3) is 4.99. The fraction of sp³-hybridized carbons (Fsp3) is 0.300. The summed E-state index contributed by atoms with van der Waals surface area (Å²) in [6.45, 7) is 0. The van der Waals surface area contributed by atoms with Crippen LogP contribution in [-0.2, 0) is 16.0 Å². The van der Waals surface area contributed by atoms with E-state index in [4.69, 9.17) is 14.2 Å². The standard InChI is InChI=1S/C20H23NO5/c1-24-17-12-11-14(13-18(17)25-2)7-6-10-19(22)21-16-9-5-4-8-15(16)20(23)26-3/h4-5,8-9,11-13H,6-7,10H2,1-3H3,(H,21,22). The molecular formula is C20H23NO5. The van der Waals surface area contributed by atoms with Gasteiger partial charge < -0.3 is 19.5 Å². The molecule has 0 heterocycles. The summed E-state index contributed by atoms with van der Waals surface area (Å²) in [4.78, 5) is 23.9. The molecule has 1 N–H and O–H groups in total. The first-order valence-electron chi connectivity index (χ1n) is 8.27. The summed E-state index contributed by atoms with van der Waals surface area (Å²) in [5.74, 6) is 0.711. The summed E-state index contributed by atoms with van der Waals surface area (Å²) < 4.78 is 15.2. The predicted octanol–water partition coefficient (Wildman–Crippen LogP) is 3.45. The molecule has 1 amide bonds. The van der Waals surface area contributed by atoms with Crippen LogP contribution < -0.4 is 14.8 Å². The molecule has 0 spiro atoms. The highest BCUT2D eigenvalue weighted by atomic mass is 16.5. The van der Waals surface area contributed by atoms with Crippen molar-refractivity contribution in [3.8, 4) is 11.5 Å². The van der Waals surface area contributed by atoms with E-state index >= 15 is 0 Å². The van der Waals surface area contributed by atoms with E-state index in [-0.39, 0.29) is 5.91 Å². The highest BCUT2D eigenvalue weighted by Gasteiger charge is 2.13. The zero-order chi connectivity index (χ0) is 18.9. The van der Waals surface area contributed by atoms with Gasteiger partial charge in [-0.2, -0.15) is 0 Å². The summed E-state index contributed by atoms with van der Waals surface area (Å²) in [5, 5.41) is 2.77. The van der Waals surface area contributed by atoms with Gasteiger partial charge in [0.25, 0.3) is 0 Å². The van der Waals surface area contributed by atoms with Crippen LogP contribution in [0.25, 0.3) is 0 Å². The minimum absolute atomic E-state index is 0.151. The van der Waals surface area contributed by atoms with Gasteiger partial charge in [-0.15, -0.1) is 0 Å². The number of anilines is 1. The minimum Gasteiger partial charge on any atom is -0.493 e. The third-order valence-electron chi connectivity index (χ3n) is 3.92. The van der Waals surface area contributed by atoms with Crippen molar-refractivity contribution in [2.24, 2.45) is 0 Å². The first-order valence-corrected chi connectivity index (χ1v) is 8.27. The first-order chi connectivity index (χ1) is 12.6. The maximum absolute atomic E-state index is 12.2. The Bertz CT molecular complexity index is 773. The Balaban J connectivity index is 1.91. The lowest BCUT2D eigenvalue weighted by Gasteiger charge is -2.11. The van der Waals surface area contributed by atoms with Crippen molar-refractivity contribution in [1.82, 2.24) is 0 Å². The maximum atomic E-state index is 12.2. The number of hydrogen-bond acceptors (Lipinski definition) is 5. The van der Waals surface area contributed by atoms with E-state index in [0.717, 1.165) is 12.0 Å². The number of benzene rings is 2. The lowest BCUT2D eigenvalue weighted by atomic mass is 10.1. The molecule has 0 bridgehead atoms. The van der Waals surface area contributed by atoms with Gasteiger partial charge in [0, 0.05) is 6.42 Å². The first kappa shape index (κ1) is 19.3. The molecule has 26 heavy (non-hydrogen) atoms. The Kier molecular flexibility index (Phi) is 7.02. The number of nitrogens with one attached hydrogen (secondary N) is 1. The lowest BCUT2D eigenvalue weighted by Crippen LogP contribution is -2.15. The van der Waals surface area contributed by atoms with Gasteiger partial charge in [0.1, 0.15) is 0 Å². The Labute approximate surface area is 153 Å². The van der Waals surface area contributed by atoms with E-state index < -0.39 is 5.97 Å². The summed E-state index contributed by atoms with van der Waals surface area (Å²) in [5.41, 5.74) is 1.85. The van der Waals surface area contributed by atoms with Crippen LogP contribution in [0.15, 0.2) is 42.5 Å². The number of amides is 1. The molecule has 0 unspecified atom stereocenters. The van der Waals surface area contributed by atoms with Crippen molar-refractivity contribution < 1.29 is 23.8 Å². The van der Waals surface area contributed by atoms with Crippen LogP contribution in [0.2, 0.25) is 0 Å². The molecule has 0 atom stereocenters. The fourth-order valence-electron chi connectivity index (χ4n) is 2.58. The highest BCUT2D eigenvalue weighted by Crippen LogP contribution is 2.28. The van der Waals surface area contributed by atoms with E-state index in [0.29, 0.717) is 35.6 Å². The summed E-state index contributed by atoms with van der Waals surface area (Å²) in [6.07, 6.45) is 1.73. The summed E-state index contributed by atoms with van der Waals surface area (Å²) in [6, 6.07) is 12.5. The van der Waals surface area contributed by atoms with Gasteiger partial charge in [-0.05, 0) is 42.7 Å². The van der Waals surface area contributed by atoms with Crippen molar-refractivity contribution in [3.63, 3.8) is 0 Å². The molecule has 2 aromatic carbocycles. The molecule has 2 rings (SSSR count). The van der Waals surface area contributed by atoms with Crippen LogP contribution in [0.4, 0.5) is 5.69 Å². The van der Waals surface area contributed by atoms with Crippen molar-refractivity contribution in [2.75, 3.05) is 26.6 Å². The number of aryl methyl sites for hydroxylation is 1. The highest BCUT2D eigenvalue weighted by molar-refractivity contribution is 6.01. The smallest absolute Gasteiger partial charge is 0.339 e. The number of esters is 1. The average molecular weight is 357 g/mol. The second-order valence-electron chi connectivity index (χ2n) is 5.63. The van der Waals surface area contributed by atoms with Crippen LogP contribution in [0.5, 0.6) is 11.5 Å². The van der Waals surface area contributed by atoms with E-state index in [2.05, 4.69) is 5.32 Å². The van der Waals surface area contributed by atoms with E-state index in [1.54, 1.807) is 38.5 Å². The van der Waals surface area contributed by atoms with Gasteiger partial charge >= 0.3 is 5.97 Å². The van der Waals surface area contributed by atoms with Crippen LogP contribution >= 0.6 is 0 Å². The number of carbonyl (C=O) groups is 2. The number of methoxy groups -OCH3 is 3. The number of rotatable bonds is 8. The normalized spacial score (nSPS) is 10.1. The molecule has 138 valence electrons. The van der Waals surface area contributed by atoms with E-state index in [1.165, 1.54) is 7.11 Å². The Morgan fingerprint density at radius 1 is 0.962 bits per heavy atom. The molecule has 0 aliphatic heterocycles. The molecular weight excluding hydrogens is 334 g/mol. The van der Waals surface area contributed by atoms with Crippen LogP contribution in [0.1, 0.15) is 28.8 Å². The van der Waals surface area contributed by atoms with Gasteiger partial charge in [0.05, 0.1) is 32.6 Å². The monoisotopic (exact) mass is 357 g/mol. The molecule has 0 aliphatic rings. The molecule has 0 saturated carbocycles. The molecule has 2 aromatic rings. The zero-order valence-corrected chi connectivity index (χ0v) is 15.2. The minimum atomic E-state index is -0.480. The fourth-order valence-corrected chi connectivity index (χ4v) is 2.58. The average Bonchev–Trinajstić information content (AvgIpc) is 2.67. The topological polar surface area (TPSA) is 73.9 Å². The van der Waals surface area contributed by atoms with Gasteiger partial charge in [0.2, 0.25) is 5.91 Å². The van der Waals surface area contributed by atoms with E-state index in [1.807, 2.05) is 18.2 Å². The molecule has 0 fully saturated rings. The maximum Gasteiger partial charge on any atom is 0.339 e. The second-order valence-corrected chi connectivity index (χ2v) is 5.63. The molecule has 0 radical (unpaired) electrons. The van der Waals surface area contributed by atoms with Gasteiger partial charge in [0.15, 0.2) is 11.5 Å². The van der Waals surface area contributed by atoms with Crippen LogP contribution in [0, 0.1) is 0 Å². The molecule has 0 aliphatic carbocycles. The Hall–Kier alpha value is -3.02. The number of carbonyl (C=O) groups excluding carboxylic acids is 2. The van der Waals surface area contributed by atoms with Crippen LogP contribution in [-0.4, -0.2) is 33.2 Å². The Morgan fingerprint density at radius 3 is 2.38 bits per heavy atom. The Morgan fingerprint density at radius 2 is 1.69 bits per heavy atom. The zero-order valence-electron chi connectivity index (χ0n) is 15.2. The SMILES string of the molecule is COC(=O)c1ccccc1NC(=O)CCCc1ccc(OC)c(OC)c1. The largest absolute Gasteiger partial charge is 0.493 e. The van der Waals surface area contributed by atoms with Gasteiger partial charge in [-0.1, -0.05) is 18.2 Å². The summed E-state index contributed by atoms with van der Waals surface area (Å²) >= 11 is 0. The molecule has 6 nitrogen and oxygen atoms in total. The van der Waals surface area contributed by atoms with Gasteiger partial charge in [-0.3, -0.25) is 4.79 Å². The number of hydrogen-bond donors (Lipinski definition) is 1. The number of ether oxygens (including phenoxy) is 3. The molecule has 6 heteroatoms. The lowest BCUT2D eigenvalue weighted by molar-refractivity contribution is -0.116. The van der Waals surface area contributed by atoms with Crippen molar-refractivity contribution in [1.29, 1.82) is 0 Å². The van der Waals surface area contributed by atoms with Gasteiger partial charge in [-0.25, -0.2) is 4.79 Å².